The van der Waals surface area contributed by atoms with Gasteiger partial charge in [0.15, 0.2) is 0 Å². The maximum atomic E-state index is 12.3. The molecule has 0 fully saturated rings. The SMILES string of the molecule is Cc1ccccc1NC(=O)N(C)CC1Cc2ccccc2CO1. The minimum atomic E-state index is -0.109. The zero-order chi connectivity index (χ0) is 16.2. The quantitative estimate of drug-likeness (QED) is 0.941. The number of rotatable bonds is 3. The summed E-state index contributed by atoms with van der Waals surface area (Å²) in [6.07, 6.45) is 0.885. The Hall–Kier alpha value is -2.33. The molecule has 3 rings (SSSR count). The molecular formula is C19H22N2O2. The van der Waals surface area contributed by atoms with E-state index in [9.17, 15) is 4.79 Å². The fourth-order valence-corrected chi connectivity index (χ4v) is 2.84. The second-order valence-corrected chi connectivity index (χ2v) is 6.03. The van der Waals surface area contributed by atoms with Crippen LogP contribution in [0.5, 0.6) is 0 Å². The van der Waals surface area contributed by atoms with E-state index in [1.807, 2.05) is 37.3 Å². The minimum Gasteiger partial charge on any atom is -0.371 e. The van der Waals surface area contributed by atoms with Crippen LogP contribution in [0.4, 0.5) is 10.5 Å². The Labute approximate surface area is 137 Å². The second-order valence-electron chi connectivity index (χ2n) is 6.03. The van der Waals surface area contributed by atoms with Crippen LogP contribution in [0, 0.1) is 6.92 Å². The molecule has 0 radical (unpaired) electrons. The maximum absolute atomic E-state index is 12.3. The predicted octanol–water partition coefficient (Wildman–Crippen LogP) is 3.60. The lowest BCUT2D eigenvalue weighted by Crippen LogP contribution is -2.40. The number of nitrogens with zero attached hydrogens (tertiary/aromatic N) is 1. The average molecular weight is 310 g/mol. The van der Waals surface area contributed by atoms with Crippen molar-refractivity contribution in [2.45, 2.75) is 26.1 Å². The second kappa shape index (κ2) is 6.84. The first-order valence-corrected chi connectivity index (χ1v) is 7.89. The summed E-state index contributed by atoms with van der Waals surface area (Å²) in [4.78, 5) is 14.0. The molecule has 1 unspecified atom stereocenters. The molecule has 120 valence electrons. The van der Waals surface area contributed by atoms with Crippen molar-refractivity contribution in [3.8, 4) is 0 Å². The van der Waals surface area contributed by atoms with Crippen molar-refractivity contribution in [1.29, 1.82) is 0 Å². The van der Waals surface area contributed by atoms with E-state index in [4.69, 9.17) is 4.74 Å². The van der Waals surface area contributed by atoms with Gasteiger partial charge in [-0.25, -0.2) is 4.79 Å². The molecule has 1 atom stereocenters. The standard InChI is InChI=1S/C19H22N2O2/c1-14-7-3-6-10-18(14)20-19(22)21(2)12-17-11-15-8-4-5-9-16(15)13-23-17/h3-10,17H,11-13H2,1-2H3,(H,20,22). The Morgan fingerprint density at radius 3 is 2.65 bits per heavy atom. The molecule has 1 aliphatic rings. The summed E-state index contributed by atoms with van der Waals surface area (Å²) in [6.45, 7) is 3.18. The predicted molar refractivity (Wildman–Crippen MR) is 91.6 cm³/mol. The van der Waals surface area contributed by atoms with Gasteiger partial charge >= 0.3 is 6.03 Å². The Bertz CT molecular complexity index is 699. The fraction of sp³-hybridized carbons (Fsp3) is 0.316. The summed E-state index contributed by atoms with van der Waals surface area (Å²) < 4.78 is 5.88. The number of hydrogen-bond donors (Lipinski definition) is 1. The summed E-state index contributed by atoms with van der Waals surface area (Å²) in [6, 6.07) is 16.0. The maximum Gasteiger partial charge on any atom is 0.321 e. The number of urea groups is 1. The van der Waals surface area contributed by atoms with E-state index in [1.165, 1.54) is 11.1 Å². The first-order valence-electron chi connectivity index (χ1n) is 7.89. The third-order valence-electron chi connectivity index (χ3n) is 4.25. The van der Waals surface area contributed by atoms with Crippen molar-refractivity contribution < 1.29 is 9.53 Å². The van der Waals surface area contributed by atoms with Crippen LogP contribution in [0.1, 0.15) is 16.7 Å². The van der Waals surface area contributed by atoms with E-state index in [-0.39, 0.29) is 12.1 Å². The molecule has 0 saturated carbocycles. The van der Waals surface area contributed by atoms with Crippen molar-refractivity contribution in [3.63, 3.8) is 0 Å². The summed E-state index contributed by atoms with van der Waals surface area (Å²) in [7, 11) is 1.80. The number of para-hydroxylation sites is 1. The van der Waals surface area contributed by atoms with Gasteiger partial charge in [0.2, 0.25) is 0 Å². The highest BCUT2D eigenvalue weighted by Gasteiger charge is 2.22. The first kappa shape index (κ1) is 15.6. The molecule has 2 amide bonds. The van der Waals surface area contributed by atoms with Crippen LogP contribution in [-0.2, 0) is 17.8 Å². The molecule has 4 nitrogen and oxygen atoms in total. The number of anilines is 1. The Kier molecular flexibility index (Phi) is 4.63. The number of nitrogens with one attached hydrogen (secondary N) is 1. The molecule has 0 aromatic heterocycles. The van der Waals surface area contributed by atoms with Crippen molar-refractivity contribution >= 4 is 11.7 Å². The summed E-state index contributed by atoms with van der Waals surface area (Å²) in [5, 5.41) is 2.95. The molecule has 1 aliphatic heterocycles. The molecule has 2 aromatic carbocycles. The Balaban J connectivity index is 1.58. The molecule has 0 bridgehead atoms. The lowest BCUT2D eigenvalue weighted by molar-refractivity contribution is 0.0159. The van der Waals surface area contributed by atoms with E-state index in [0.29, 0.717) is 13.2 Å². The number of hydrogen-bond acceptors (Lipinski definition) is 2. The smallest absolute Gasteiger partial charge is 0.321 e. The van der Waals surface area contributed by atoms with Crippen LogP contribution < -0.4 is 5.32 Å². The van der Waals surface area contributed by atoms with Crippen molar-refractivity contribution in [2.24, 2.45) is 0 Å². The zero-order valence-corrected chi connectivity index (χ0v) is 13.6. The highest BCUT2D eigenvalue weighted by atomic mass is 16.5. The summed E-state index contributed by atoms with van der Waals surface area (Å²) >= 11 is 0. The monoisotopic (exact) mass is 310 g/mol. The third kappa shape index (κ3) is 3.71. The van der Waals surface area contributed by atoms with Crippen LogP contribution in [0.15, 0.2) is 48.5 Å². The lowest BCUT2D eigenvalue weighted by atomic mass is 9.99. The number of carbonyl (C=O) groups is 1. The van der Waals surface area contributed by atoms with E-state index in [2.05, 4.69) is 23.5 Å². The van der Waals surface area contributed by atoms with E-state index in [1.54, 1.807) is 11.9 Å². The van der Waals surface area contributed by atoms with Gasteiger partial charge in [0, 0.05) is 25.7 Å². The van der Waals surface area contributed by atoms with E-state index >= 15 is 0 Å². The van der Waals surface area contributed by atoms with Crippen LogP contribution in [0.25, 0.3) is 0 Å². The largest absolute Gasteiger partial charge is 0.371 e. The average Bonchev–Trinajstić information content (AvgIpc) is 2.56. The number of amides is 2. The van der Waals surface area contributed by atoms with Gasteiger partial charge in [0.05, 0.1) is 12.7 Å². The zero-order valence-electron chi connectivity index (χ0n) is 13.6. The highest BCUT2D eigenvalue weighted by molar-refractivity contribution is 5.89. The molecule has 0 aliphatic carbocycles. The number of benzene rings is 2. The summed E-state index contributed by atoms with van der Waals surface area (Å²) in [5.74, 6) is 0. The van der Waals surface area contributed by atoms with Gasteiger partial charge in [-0.15, -0.1) is 0 Å². The number of carbonyl (C=O) groups excluding carboxylic acids is 1. The minimum absolute atomic E-state index is 0.0394. The lowest BCUT2D eigenvalue weighted by Gasteiger charge is -2.29. The first-order chi connectivity index (χ1) is 11.1. The van der Waals surface area contributed by atoms with Crippen molar-refractivity contribution in [3.05, 3.63) is 65.2 Å². The van der Waals surface area contributed by atoms with Gasteiger partial charge in [-0.05, 0) is 29.7 Å². The van der Waals surface area contributed by atoms with Crippen molar-refractivity contribution in [2.75, 3.05) is 18.9 Å². The molecule has 0 saturated heterocycles. The van der Waals surface area contributed by atoms with Crippen molar-refractivity contribution in [1.82, 2.24) is 4.90 Å². The molecule has 0 spiro atoms. The number of likely N-dealkylation sites (N-methyl/N-ethyl adjacent to an activating group) is 1. The topological polar surface area (TPSA) is 41.6 Å². The third-order valence-corrected chi connectivity index (χ3v) is 4.25. The molecule has 1 N–H and O–H groups in total. The van der Waals surface area contributed by atoms with E-state index < -0.39 is 0 Å². The van der Waals surface area contributed by atoms with E-state index in [0.717, 1.165) is 17.7 Å². The van der Waals surface area contributed by atoms with Crippen LogP contribution >= 0.6 is 0 Å². The molecule has 1 heterocycles. The Morgan fingerprint density at radius 2 is 1.87 bits per heavy atom. The number of fused-ring (bicyclic) bond motifs is 1. The number of aryl methyl sites for hydroxylation is 1. The molecule has 4 heteroatoms. The molecular weight excluding hydrogens is 288 g/mol. The fourth-order valence-electron chi connectivity index (χ4n) is 2.84. The van der Waals surface area contributed by atoms with Gasteiger partial charge in [-0.2, -0.15) is 0 Å². The Morgan fingerprint density at radius 1 is 1.17 bits per heavy atom. The van der Waals surface area contributed by atoms with Crippen LogP contribution in [0.3, 0.4) is 0 Å². The summed E-state index contributed by atoms with van der Waals surface area (Å²) in [5.41, 5.74) is 4.46. The molecule has 2 aromatic rings. The highest BCUT2D eigenvalue weighted by Crippen LogP contribution is 2.21. The van der Waals surface area contributed by atoms with Gasteiger partial charge in [-0.3, -0.25) is 0 Å². The molecule has 23 heavy (non-hydrogen) atoms. The number of ether oxygens (including phenoxy) is 1. The van der Waals surface area contributed by atoms with Gasteiger partial charge in [0.25, 0.3) is 0 Å². The van der Waals surface area contributed by atoms with Crippen LogP contribution in [0.2, 0.25) is 0 Å². The van der Waals surface area contributed by atoms with Gasteiger partial charge < -0.3 is 15.0 Å². The normalized spacial score (nSPS) is 16.5. The van der Waals surface area contributed by atoms with Gasteiger partial charge in [-0.1, -0.05) is 42.5 Å². The van der Waals surface area contributed by atoms with Crippen LogP contribution in [-0.4, -0.2) is 30.6 Å². The van der Waals surface area contributed by atoms with Gasteiger partial charge in [0.1, 0.15) is 0 Å².